The van der Waals surface area contributed by atoms with Gasteiger partial charge in [-0.25, -0.2) is 4.79 Å². The Bertz CT molecular complexity index is 1220. The molecule has 0 aromatic heterocycles. The van der Waals surface area contributed by atoms with Crippen molar-refractivity contribution in [1.29, 1.82) is 0 Å². The van der Waals surface area contributed by atoms with E-state index in [9.17, 15) is 18.0 Å². The van der Waals surface area contributed by atoms with E-state index >= 15 is 0 Å². The number of anilines is 1. The zero-order chi connectivity index (χ0) is 27.7. The molecule has 0 aliphatic carbocycles. The van der Waals surface area contributed by atoms with E-state index in [4.69, 9.17) is 21.5 Å². The second-order valence-corrected chi connectivity index (χ2v) is 9.41. The van der Waals surface area contributed by atoms with Gasteiger partial charge in [-0.3, -0.25) is 9.69 Å². The fourth-order valence-corrected chi connectivity index (χ4v) is 4.03. The Hall–Kier alpha value is -3.40. The molecule has 1 saturated heterocycles. The van der Waals surface area contributed by atoms with Crippen molar-refractivity contribution in [2.75, 3.05) is 38.5 Å². The summed E-state index contributed by atoms with van der Waals surface area (Å²) in [6.07, 6.45) is -3.86. The van der Waals surface area contributed by atoms with Gasteiger partial charge >= 0.3 is 12.1 Å². The minimum Gasteiger partial charge on any atom is -0.475 e. The van der Waals surface area contributed by atoms with Gasteiger partial charge in [0.05, 0.1) is 0 Å². The lowest BCUT2D eigenvalue weighted by Gasteiger charge is -2.20. The van der Waals surface area contributed by atoms with Crippen LogP contribution in [-0.2, 0) is 11.3 Å². The van der Waals surface area contributed by atoms with Gasteiger partial charge in [-0.15, -0.1) is 0 Å². The number of hydrogen-bond acceptors (Lipinski definition) is 4. The number of alkyl halides is 3. The summed E-state index contributed by atoms with van der Waals surface area (Å²) in [5.41, 5.74) is 4.91. The van der Waals surface area contributed by atoms with E-state index < -0.39 is 12.1 Å². The first-order valence-electron chi connectivity index (χ1n) is 12.0. The fourth-order valence-electron chi connectivity index (χ4n) is 3.90. The molecule has 38 heavy (non-hydrogen) atoms. The molecule has 3 aromatic rings. The molecule has 0 atom stereocenters. The molecule has 3 aromatic carbocycles. The number of nitrogens with zero attached hydrogens (tertiary/aromatic N) is 2. The number of aliphatic carboxylic acids is 1. The highest BCUT2D eigenvalue weighted by molar-refractivity contribution is 6.30. The maximum atomic E-state index is 12.5. The number of carbonyl (C=O) groups is 2. The molecule has 0 unspecified atom stereocenters. The van der Waals surface area contributed by atoms with Gasteiger partial charge in [0.1, 0.15) is 0 Å². The normalized spacial score (nSPS) is 14.7. The highest BCUT2D eigenvalue weighted by Gasteiger charge is 2.38. The zero-order valence-electron chi connectivity index (χ0n) is 20.8. The van der Waals surface area contributed by atoms with Crippen LogP contribution in [-0.4, -0.2) is 66.2 Å². The lowest BCUT2D eigenvalue weighted by atomic mass is 10.0. The van der Waals surface area contributed by atoms with E-state index in [0.717, 1.165) is 43.0 Å². The second-order valence-electron chi connectivity index (χ2n) is 8.97. The van der Waals surface area contributed by atoms with Crippen molar-refractivity contribution in [1.82, 2.24) is 9.80 Å². The molecule has 2 N–H and O–H groups in total. The van der Waals surface area contributed by atoms with Crippen LogP contribution in [0, 0.1) is 0 Å². The number of carboxylic acids is 1. The van der Waals surface area contributed by atoms with Crippen LogP contribution in [0.5, 0.6) is 0 Å². The number of benzene rings is 3. The summed E-state index contributed by atoms with van der Waals surface area (Å²) in [5.74, 6) is -2.90. The molecule has 202 valence electrons. The lowest BCUT2D eigenvalue weighted by molar-refractivity contribution is -0.192. The van der Waals surface area contributed by atoms with E-state index in [1.165, 1.54) is 18.5 Å². The number of amides is 1. The van der Waals surface area contributed by atoms with E-state index in [0.29, 0.717) is 10.6 Å². The van der Waals surface area contributed by atoms with Crippen molar-refractivity contribution in [3.63, 3.8) is 0 Å². The molecular formula is C28H29ClF3N3O3. The monoisotopic (exact) mass is 547 g/mol. The first-order valence-corrected chi connectivity index (χ1v) is 12.4. The van der Waals surface area contributed by atoms with Crippen LogP contribution in [0.4, 0.5) is 18.9 Å². The van der Waals surface area contributed by atoms with E-state index in [1.54, 1.807) is 24.3 Å². The molecule has 1 aliphatic heterocycles. The molecule has 6 nitrogen and oxygen atoms in total. The number of carbonyl (C=O) groups excluding carboxylic acids is 1. The van der Waals surface area contributed by atoms with Crippen molar-refractivity contribution < 1.29 is 27.9 Å². The topological polar surface area (TPSA) is 72.9 Å². The van der Waals surface area contributed by atoms with Gasteiger partial charge in [0, 0.05) is 35.9 Å². The van der Waals surface area contributed by atoms with Crippen LogP contribution in [0.25, 0.3) is 11.1 Å². The molecule has 0 bridgehead atoms. The third-order valence-corrected chi connectivity index (χ3v) is 6.23. The molecule has 1 amide bonds. The summed E-state index contributed by atoms with van der Waals surface area (Å²) >= 11 is 5.91. The number of carboxylic acid groups (broad SMARTS) is 1. The van der Waals surface area contributed by atoms with Gasteiger partial charge < -0.3 is 15.3 Å². The molecule has 0 radical (unpaired) electrons. The summed E-state index contributed by atoms with van der Waals surface area (Å²) in [4.78, 5) is 26.3. The zero-order valence-corrected chi connectivity index (χ0v) is 21.6. The maximum absolute atomic E-state index is 12.5. The first-order chi connectivity index (χ1) is 18.0. The highest BCUT2D eigenvalue weighted by atomic mass is 35.5. The summed E-state index contributed by atoms with van der Waals surface area (Å²) < 4.78 is 31.7. The summed E-state index contributed by atoms with van der Waals surface area (Å²) in [6.45, 7) is 5.58. The molecule has 1 heterocycles. The molecule has 0 saturated carbocycles. The Morgan fingerprint density at radius 1 is 0.921 bits per heavy atom. The summed E-state index contributed by atoms with van der Waals surface area (Å²) in [5, 5.41) is 10.7. The lowest BCUT2D eigenvalue weighted by Crippen LogP contribution is -2.28. The smallest absolute Gasteiger partial charge is 0.475 e. The van der Waals surface area contributed by atoms with Gasteiger partial charge in [-0.05, 0) is 79.6 Å². The quantitative estimate of drug-likeness (QED) is 0.408. The molecule has 1 fully saturated rings. The number of hydrogen-bond donors (Lipinski definition) is 2. The first kappa shape index (κ1) is 29.2. The van der Waals surface area contributed by atoms with Crippen molar-refractivity contribution >= 4 is 29.2 Å². The second kappa shape index (κ2) is 13.4. The van der Waals surface area contributed by atoms with Crippen LogP contribution in [0.2, 0.25) is 5.02 Å². The van der Waals surface area contributed by atoms with E-state index in [-0.39, 0.29) is 5.91 Å². The van der Waals surface area contributed by atoms with Gasteiger partial charge in [0.2, 0.25) is 0 Å². The molecule has 1 aliphatic rings. The number of rotatable bonds is 5. The van der Waals surface area contributed by atoms with Crippen molar-refractivity contribution in [3.05, 3.63) is 88.9 Å². The molecule has 0 spiro atoms. The standard InChI is InChI=1S/C26H28ClN3O.C2HF3O2/c1-29-14-3-15-30(17-16-29)19-20-6-8-21(9-7-20)23-4-2-5-25(18-23)28-26(31)22-10-12-24(27)13-11-22;3-2(4,5)1(6)7/h2,4-13,18H,3,14-17,19H2,1H3,(H,28,31);(H,6,7). The van der Waals surface area contributed by atoms with Crippen LogP contribution in [0.3, 0.4) is 0 Å². The molecule has 10 heteroatoms. The SMILES string of the molecule is CN1CCCN(Cc2ccc(-c3cccc(NC(=O)c4ccc(Cl)cc4)c3)cc2)CC1.O=C(O)C(F)(F)F. The Morgan fingerprint density at radius 3 is 2.21 bits per heavy atom. The Morgan fingerprint density at radius 2 is 1.58 bits per heavy atom. The van der Waals surface area contributed by atoms with E-state index in [1.807, 2.05) is 18.2 Å². The average molecular weight is 548 g/mol. The van der Waals surface area contributed by atoms with Gasteiger partial charge in [-0.2, -0.15) is 13.2 Å². The van der Waals surface area contributed by atoms with Crippen molar-refractivity contribution in [2.45, 2.75) is 19.1 Å². The minimum absolute atomic E-state index is 0.146. The van der Waals surface area contributed by atoms with Gasteiger partial charge in [0.15, 0.2) is 0 Å². The van der Waals surface area contributed by atoms with Crippen LogP contribution in [0.15, 0.2) is 72.8 Å². The predicted octanol–water partition coefficient (Wildman–Crippen LogP) is 6.03. The van der Waals surface area contributed by atoms with Crippen LogP contribution < -0.4 is 5.32 Å². The average Bonchev–Trinajstić information content (AvgIpc) is 3.08. The minimum atomic E-state index is -5.08. The van der Waals surface area contributed by atoms with Crippen LogP contribution >= 0.6 is 11.6 Å². The Labute approximate surface area is 224 Å². The third-order valence-electron chi connectivity index (χ3n) is 5.97. The number of halogens is 4. The largest absolute Gasteiger partial charge is 0.490 e. The third kappa shape index (κ3) is 9.16. The maximum Gasteiger partial charge on any atom is 0.490 e. The van der Waals surface area contributed by atoms with E-state index in [2.05, 4.69) is 52.5 Å². The van der Waals surface area contributed by atoms with Gasteiger partial charge in [0.25, 0.3) is 5.91 Å². The van der Waals surface area contributed by atoms with Crippen LogP contribution in [0.1, 0.15) is 22.3 Å². The summed E-state index contributed by atoms with van der Waals surface area (Å²) in [7, 11) is 2.20. The Kier molecular flexibility index (Phi) is 10.3. The molecular weight excluding hydrogens is 519 g/mol. The number of likely N-dealkylation sites (N-methyl/N-ethyl adjacent to an activating group) is 1. The highest BCUT2D eigenvalue weighted by Crippen LogP contribution is 2.24. The molecule has 4 rings (SSSR count). The number of nitrogens with one attached hydrogen (secondary N) is 1. The van der Waals surface area contributed by atoms with Crippen molar-refractivity contribution in [3.8, 4) is 11.1 Å². The summed E-state index contributed by atoms with van der Waals surface area (Å²) in [6, 6.07) is 23.6. The fraction of sp³-hybridized carbons (Fsp3) is 0.286. The van der Waals surface area contributed by atoms with Gasteiger partial charge in [-0.1, -0.05) is 48.0 Å². The van der Waals surface area contributed by atoms with Crippen molar-refractivity contribution in [2.24, 2.45) is 0 Å². The Balaban J connectivity index is 0.000000505. The predicted molar refractivity (Wildman–Crippen MR) is 142 cm³/mol.